The van der Waals surface area contributed by atoms with Crippen LogP contribution in [0.25, 0.3) is 0 Å². The summed E-state index contributed by atoms with van der Waals surface area (Å²) < 4.78 is 11.2. The Hall–Kier alpha value is -1.18. The van der Waals surface area contributed by atoms with Gasteiger partial charge in [-0.2, -0.15) is 0 Å². The number of benzene rings is 1. The predicted molar refractivity (Wildman–Crippen MR) is 107 cm³/mol. The highest BCUT2D eigenvalue weighted by Gasteiger charge is 2.59. The van der Waals surface area contributed by atoms with E-state index < -0.39 is 0 Å². The van der Waals surface area contributed by atoms with Gasteiger partial charge in [0.2, 0.25) is 0 Å². The van der Waals surface area contributed by atoms with E-state index in [1.165, 1.54) is 56.1 Å². The minimum atomic E-state index is 0.270. The van der Waals surface area contributed by atoms with E-state index in [1.54, 1.807) is 14.2 Å². The first-order chi connectivity index (χ1) is 12.3. The molecule has 2 saturated carbocycles. The van der Waals surface area contributed by atoms with Gasteiger partial charge in [0.05, 0.1) is 14.2 Å². The number of rotatable bonds is 2. The predicted octanol–water partition coefficient (Wildman–Crippen LogP) is 6.15. The second kappa shape index (κ2) is 5.91. The van der Waals surface area contributed by atoms with Crippen molar-refractivity contribution in [3.8, 4) is 11.5 Å². The van der Waals surface area contributed by atoms with E-state index in [1.807, 2.05) is 0 Å². The molecule has 2 fully saturated rings. The van der Waals surface area contributed by atoms with Crippen LogP contribution in [0.2, 0.25) is 0 Å². The Bertz CT molecular complexity index is 706. The molecule has 0 bridgehead atoms. The number of ether oxygens (including phenoxy) is 2. The molecular weight excluding hydrogens is 320 g/mol. The third kappa shape index (κ3) is 2.36. The average molecular weight is 357 g/mol. The molecule has 3 aliphatic carbocycles. The molecule has 0 unspecified atom stereocenters. The maximum Gasteiger partial charge on any atom is 0.161 e. The number of hydrogen-bond donors (Lipinski definition) is 0. The van der Waals surface area contributed by atoms with Gasteiger partial charge in [0.15, 0.2) is 11.5 Å². The van der Waals surface area contributed by atoms with Crippen LogP contribution in [0.15, 0.2) is 12.1 Å². The molecule has 4 atom stereocenters. The van der Waals surface area contributed by atoms with Gasteiger partial charge in [0, 0.05) is 0 Å². The normalized spacial score (nSPS) is 37.9. The molecule has 1 aromatic carbocycles. The lowest BCUT2D eigenvalue weighted by Crippen LogP contribution is -2.57. The molecular formula is C24H36O2. The fraction of sp³-hybridized carbons (Fsp3) is 0.750. The molecule has 1 aromatic rings. The Kier molecular flexibility index (Phi) is 4.13. The van der Waals surface area contributed by atoms with Crippen LogP contribution in [-0.2, 0) is 11.8 Å². The second-order valence-electron chi connectivity index (χ2n) is 10.3. The Labute approximate surface area is 159 Å². The van der Waals surface area contributed by atoms with E-state index in [0.717, 1.165) is 23.3 Å². The molecule has 4 rings (SSSR count). The quantitative estimate of drug-likeness (QED) is 0.632. The maximum atomic E-state index is 5.67. The standard InChI is InChI=1S/C24H36O2/c1-22(2)11-7-12-24(4)20(22)10-13-23(3)17-15-19(26-6)18(25-5)14-16(17)8-9-21(23)24/h14-15,20-21H,7-13H2,1-6H3/t20-,21-,23-,24-/m0/s1. The van der Waals surface area contributed by atoms with Gasteiger partial charge in [0.1, 0.15) is 0 Å². The molecule has 26 heavy (non-hydrogen) atoms. The highest BCUT2D eigenvalue weighted by molar-refractivity contribution is 5.52. The number of hydrogen-bond acceptors (Lipinski definition) is 2. The molecule has 144 valence electrons. The van der Waals surface area contributed by atoms with Crippen molar-refractivity contribution in [2.24, 2.45) is 22.7 Å². The lowest BCUT2D eigenvalue weighted by Gasteiger charge is -2.64. The van der Waals surface area contributed by atoms with Crippen molar-refractivity contribution in [2.75, 3.05) is 14.2 Å². The average Bonchev–Trinajstić information content (AvgIpc) is 2.59. The molecule has 0 aromatic heterocycles. The van der Waals surface area contributed by atoms with Crippen LogP contribution >= 0.6 is 0 Å². The summed E-state index contributed by atoms with van der Waals surface area (Å²) in [5, 5.41) is 0. The lowest BCUT2D eigenvalue weighted by molar-refractivity contribution is -0.110. The third-order valence-corrected chi connectivity index (χ3v) is 8.72. The first-order valence-corrected chi connectivity index (χ1v) is 10.5. The number of aryl methyl sites for hydroxylation is 1. The molecule has 0 amide bonds. The molecule has 3 aliphatic rings. The molecule has 0 N–H and O–H groups in total. The molecule has 0 aliphatic heterocycles. The van der Waals surface area contributed by atoms with Crippen LogP contribution in [-0.4, -0.2) is 14.2 Å². The van der Waals surface area contributed by atoms with Gasteiger partial charge in [-0.25, -0.2) is 0 Å². The first-order valence-electron chi connectivity index (χ1n) is 10.5. The summed E-state index contributed by atoms with van der Waals surface area (Å²) in [5.74, 6) is 3.42. The van der Waals surface area contributed by atoms with Crippen LogP contribution in [0, 0.1) is 22.7 Å². The van der Waals surface area contributed by atoms with Gasteiger partial charge >= 0.3 is 0 Å². The van der Waals surface area contributed by atoms with Gasteiger partial charge in [0.25, 0.3) is 0 Å². The fourth-order valence-electron chi connectivity index (χ4n) is 7.58. The van der Waals surface area contributed by atoms with Crippen molar-refractivity contribution >= 4 is 0 Å². The summed E-state index contributed by atoms with van der Waals surface area (Å²) in [6.07, 6.45) is 9.38. The summed E-state index contributed by atoms with van der Waals surface area (Å²) >= 11 is 0. The van der Waals surface area contributed by atoms with Crippen molar-refractivity contribution in [3.63, 3.8) is 0 Å². The molecule has 0 radical (unpaired) electrons. The van der Waals surface area contributed by atoms with Crippen LogP contribution in [0.1, 0.15) is 77.3 Å². The number of methoxy groups -OCH3 is 2. The SMILES string of the molecule is COc1cc2c(cc1OC)[C@]1(C)CC[C@H]3C(C)(C)CCC[C@]3(C)[C@H]1CC2. The van der Waals surface area contributed by atoms with E-state index in [0.29, 0.717) is 10.8 Å². The molecule has 2 heteroatoms. The summed E-state index contributed by atoms with van der Waals surface area (Å²) in [7, 11) is 3.50. The van der Waals surface area contributed by atoms with Crippen molar-refractivity contribution < 1.29 is 9.47 Å². The molecule has 2 nitrogen and oxygen atoms in total. The lowest BCUT2D eigenvalue weighted by atomic mass is 9.40. The van der Waals surface area contributed by atoms with E-state index in [2.05, 4.69) is 39.8 Å². The van der Waals surface area contributed by atoms with E-state index in [4.69, 9.17) is 9.47 Å². The van der Waals surface area contributed by atoms with E-state index in [-0.39, 0.29) is 5.41 Å². The van der Waals surface area contributed by atoms with Crippen LogP contribution in [0.5, 0.6) is 11.5 Å². The monoisotopic (exact) mass is 356 g/mol. The van der Waals surface area contributed by atoms with Crippen molar-refractivity contribution in [2.45, 2.75) is 78.1 Å². The van der Waals surface area contributed by atoms with Crippen LogP contribution in [0.3, 0.4) is 0 Å². The molecule has 0 heterocycles. The van der Waals surface area contributed by atoms with Gasteiger partial charge in [-0.1, -0.05) is 34.1 Å². The van der Waals surface area contributed by atoms with Crippen molar-refractivity contribution in [3.05, 3.63) is 23.3 Å². The Morgan fingerprint density at radius 2 is 1.54 bits per heavy atom. The van der Waals surface area contributed by atoms with Gasteiger partial charge in [-0.05, 0) is 89.9 Å². The highest BCUT2D eigenvalue weighted by Crippen LogP contribution is 2.67. The fourth-order valence-corrected chi connectivity index (χ4v) is 7.58. The Morgan fingerprint density at radius 1 is 0.846 bits per heavy atom. The topological polar surface area (TPSA) is 18.5 Å². The van der Waals surface area contributed by atoms with E-state index in [9.17, 15) is 0 Å². The largest absolute Gasteiger partial charge is 0.493 e. The van der Waals surface area contributed by atoms with Gasteiger partial charge < -0.3 is 9.47 Å². The zero-order chi connectivity index (χ0) is 18.7. The summed E-state index contributed by atoms with van der Waals surface area (Å²) in [6.45, 7) is 10.2. The van der Waals surface area contributed by atoms with Gasteiger partial charge in [-0.3, -0.25) is 0 Å². The first kappa shape index (κ1) is 18.2. The summed E-state index contributed by atoms with van der Waals surface area (Å²) in [4.78, 5) is 0. The number of fused-ring (bicyclic) bond motifs is 5. The molecule has 0 spiro atoms. The highest BCUT2D eigenvalue weighted by atomic mass is 16.5. The van der Waals surface area contributed by atoms with Crippen molar-refractivity contribution in [1.29, 1.82) is 0 Å². The minimum absolute atomic E-state index is 0.270. The molecule has 0 saturated heterocycles. The third-order valence-electron chi connectivity index (χ3n) is 8.72. The Balaban J connectivity index is 1.81. The minimum Gasteiger partial charge on any atom is -0.493 e. The van der Waals surface area contributed by atoms with Crippen LogP contribution in [0.4, 0.5) is 0 Å². The Morgan fingerprint density at radius 3 is 2.23 bits per heavy atom. The zero-order valence-electron chi connectivity index (χ0n) is 17.6. The van der Waals surface area contributed by atoms with Crippen LogP contribution < -0.4 is 9.47 Å². The summed E-state index contributed by atoms with van der Waals surface area (Å²) in [6, 6.07) is 4.55. The maximum absolute atomic E-state index is 5.67. The zero-order valence-corrected chi connectivity index (χ0v) is 17.6. The van der Waals surface area contributed by atoms with Crippen molar-refractivity contribution in [1.82, 2.24) is 0 Å². The summed E-state index contributed by atoms with van der Waals surface area (Å²) in [5.41, 5.74) is 4.26. The second-order valence-corrected chi connectivity index (χ2v) is 10.3. The smallest absolute Gasteiger partial charge is 0.161 e. The van der Waals surface area contributed by atoms with Gasteiger partial charge in [-0.15, -0.1) is 0 Å². The van der Waals surface area contributed by atoms with E-state index >= 15 is 0 Å².